The van der Waals surface area contributed by atoms with Crippen molar-refractivity contribution >= 4 is 34.5 Å². The molecule has 7 nitrogen and oxygen atoms in total. The molecule has 3 heterocycles. The van der Waals surface area contributed by atoms with Gasteiger partial charge >= 0.3 is 0 Å². The van der Waals surface area contributed by atoms with Crippen LogP contribution in [0, 0.1) is 0 Å². The number of nitrogens with zero attached hydrogens (tertiary/aromatic N) is 3. The second-order valence-corrected chi connectivity index (χ2v) is 8.96. The monoisotopic (exact) mass is 435 g/mol. The van der Waals surface area contributed by atoms with Crippen molar-refractivity contribution in [2.45, 2.75) is 12.6 Å². The second-order valence-electron chi connectivity index (χ2n) is 6.95. The molecule has 1 aliphatic rings. The van der Waals surface area contributed by atoms with Gasteiger partial charge in [-0.25, -0.2) is 4.99 Å². The third-order valence-corrected chi connectivity index (χ3v) is 6.55. The zero-order valence-corrected chi connectivity index (χ0v) is 18.6. The van der Waals surface area contributed by atoms with E-state index in [9.17, 15) is 4.79 Å². The highest BCUT2D eigenvalue weighted by Gasteiger charge is 2.23. The van der Waals surface area contributed by atoms with E-state index < -0.39 is 0 Å². The van der Waals surface area contributed by atoms with Crippen molar-refractivity contribution in [2.75, 3.05) is 53.5 Å². The predicted octanol–water partition coefficient (Wildman–Crippen LogP) is 2.01. The number of hydrogen-bond donors (Lipinski definition) is 2. The van der Waals surface area contributed by atoms with Crippen molar-refractivity contribution < 1.29 is 9.53 Å². The minimum Gasteiger partial charge on any atom is -0.379 e. The first-order chi connectivity index (χ1) is 14.1. The number of nitrogens with one attached hydrogen (secondary N) is 2. The van der Waals surface area contributed by atoms with Crippen molar-refractivity contribution in [3.63, 3.8) is 0 Å². The molecule has 0 saturated carbocycles. The number of guanidine groups is 1. The summed E-state index contributed by atoms with van der Waals surface area (Å²) in [6, 6.07) is 8.64. The molecule has 0 spiro atoms. The van der Waals surface area contributed by atoms with Gasteiger partial charge < -0.3 is 20.3 Å². The molecule has 3 rings (SSSR count). The first-order valence-corrected chi connectivity index (χ1v) is 11.5. The fourth-order valence-corrected chi connectivity index (χ4v) is 4.52. The van der Waals surface area contributed by atoms with Crippen LogP contribution in [-0.4, -0.2) is 75.2 Å². The van der Waals surface area contributed by atoms with Gasteiger partial charge in [0, 0.05) is 43.5 Å². The average Bonchev–Trinajstić information content (AvgIpc) is 3.44. The van der Waals surface area contributed by atoms with E-state index >= 15 is 0 Å². The molecule has 0 radical (unpaired) electrons. The molecule has 1 saturated heterocycles. The van der Waals surface area contributed by atoms with Gasteiger partial charge in [0.05, 0.1) is 25.8 Å². The van der Waals surface area contributed by atoms with Crippen LogP contribution in [0.3, 0.4) is 0 Å². The Bertz CT molecular complexity index is 756. The highest BCUT2D eigenvalue weighted by Crippen LogP contribution is 2.25. The molecule has 1 fully saturated rings. The topological polar surface area (TPSA) is 69.2 Å². The fourth-order valence-electron chi connectivity index (χ4n) is 3.02. The van der Waals surface area contributed by atoms with E-state index in [1.807, 2.05) is 6.07 Å². The summed E-state index contributed by atoms with van der Waals surface area (Å²) in [6.45, 7) is 4.87. The summed E-state index contributed by atoms with van der Waals surface area (Å²) in [5.74, 6) is 0.633. The van der Waals surface area contributed by atoms with Crippen LogP contribution in [0.2, 0.25) is 0 Å². The normalized spacial score (nSPS) is 16.4. The Labute approximate surface area is 180 Å². The Kier molecular flexibility index (Phi) is 8.48. The number of carbonyl (C=O) groups excluding carboxylic acids is 1. The maximum Gasteiger partial charge on any atom is 0.243 e. The van der Waals surface area contributed by atoms with Gasteiger partial charge in [0.15, 0.2) is 5.96 Å². The molecular weight excluding hydrogens is 406 g/mol. The van der Waals surface area contributed by atoms with E-state index in [0.29, 0.717) is 19.0 Å². The van der Waals surface area contributed by atoms with Crippen LogP contribution in [-0.2, 0) is 16.1 Å². The number of amides is 1. The lowest BCUT2D eigenvalue weighted by Crippen LogP contribution is -2.46. The number of carbonyl (C=O) groups is 1. The molecule has 1 aliphatic heterocycles. The molecule has 2 N–H and O–H groups in total. The molecule has 1 amide bonds. The van der Waals surface area contributed by atoms with Crippen molar-refractivity contribution in [2.24, 2.45) is 4.99 Å². The van der Waals surface area contributed by atoms with Crippen LogP contribution < -0.4 is 10.6 Å². The van der Waals surface area contributed by atoms with Gasteiger partial charge in [0.25, 0.3) is 0 Å². The summed E-state index contributed by atoms with van der Waals surface area (Å²) >= 11 is 3.47. The quantitative estimate of drug-likeness (QED) is 0.490. The number of rotatable bonds is 8. The summed E-state index contributed by atoms with van der Waals surface area (Å²) in [5, 5.41) is 11.0. The van der Waals surface area contributed by atoms with Crippen LogP contribution in [0.15, 0.2) is 40.0 Å². The maximum absolute atomic E-state index is 12.0. The molecule has 0 aliphatic carbocycles. The molecule has 158 valence electrons. The van der Waals surface area contributed by atoms with Gasteiger partial charge in [-0.1, -0.05) is 12.1 Å². The van der Waals surface area contributed by atoms with E-state index in [4.69, 9.17) is 4.74 Å². The summed E-state index contributed by atoms with van der Waals surface area (Å²) in [6.07, 6.45) is 0. The number of morpholine rings is 1. The van der Waals surface area contributed by atoms with E-state index in [2.05, 4.69) is 49.5 Å². The smallest absolute Gasteiger partial charge is 0.243 e. The van der Waals surface area contributed by atoms with E-state index in [1.54, 1.807) is 41.7 Å². The maximum atomic E-state index is 12.0. The van der Waals surface area contributed by atoms with Crippen molar-refractivity contribution in [1.82, 2.24) is 20.4 Å². The van der Waals surface area contributed by atoms with Crippen LogP contribution in [0.25, 0.3) is 0 Å². The number of ether oxygens (including phenoxy) is 1. The SMILES string of the molecule is CN(C)C(=O)CN=C(NCc1cccs1)NCC(c1cccs1)N1CCOCC1. The summed E-state index contributed by atoms with van der Waals surface area (Å²) in [5.41, 5.74) is 0. The standard InChI is InChI=1S/C20H29N5O2S2/c1-24(2)19(26)15-23-20(21-13-16-5-3-11-28-16)22-14-17(18-6-4-12-29-18)25-7-9-27-10-8-25/h3-6,11-12,17H,7-10,13-15H2,1-2H3,(H2,21,22,23). The number of likely N-dealkylation sites (N-methyl/N-ethyl adjacent to an activating group) is 1. The molecule has 29 heavy (non-hydrogen) atoms. The van der Waals surface area contributed by atoms with Crippen LogP contribution >= 0.6 is 22.7 Å². The summed E-state index contributed by atoms with van der Waals surface area (Å²) in [4.78, 5) is 23.1. The van der Waals surface area contributed by atoms with Crippen molar-refractivity contribution in [1.29, 1.82) is 0 Å². The van der Waals surface area contributed by atoms with Crippen LogP contribution in [0.4, 0.5) is 0 Å². The third kappa shape index (κ3) is 6.81. The zero-order chi connectivity index (χ0) is 20.5. The average molecular weight is 436 g/mol. The lowest BCUT2D eigenvalue weighted by molar-refractivity contribution is -0.127. The number of hydrogen-bond acceptors (Lipinski definition) is 6. The zero-order valence-electron chi connectivity index (χ0n) is 17.0. The van der Waals surface area contributed by atoms with Crippen molar-refractivity contribution in [3.05, 3.63) is 44.8 Å². The highest BCUT2D eigenvalue weighted by molar-refractivity contribution is 7.10. The lowest BCUT2D eigenvalue weighted by atomic mass is 10.2. The first-order valence-electron chi connectivity index (χ1n) is 9.73. The fraction of sp³-hybridized carbons (Fsp3) is 0.500. The van der Waals surface area contributed by atoms with Crippen LogP contribution in [0.1, 0.15) is 15.8 Å². The molecule has 2 aromatic rings. The lowest BCUT2D eigenvalue weighted by Gasteiger charge is -2.34. The Balaban J connectivity index is 1.66. The van der Waals surface area contributed by atoms with Gasteiger partial charge in [-0.3, -0.25) is 9.69 Å². The molecule has 2 aromatic heterocycles. The number of thiophene rings is 2. The Morgan fingerprint density at radius 1 is 1.21 bits per heavy atom. The van der Waals surface area contributed by atoms with Gasteiger partial charge in [-0.05, 0) is 22.9 Å². The Hall–Kier alpha value is -1.94. The summed E-state index contributed by atoms with van der Waals surface area (Å²) in [7, 11) is 3.49. The molecular formula is C20H29N5O2S2. The van der Waals surface area contributed by atoms with Gasteiger partial charge in [-0.15, -0.1) is 22.7 Å². The number of aliphatic imine (C=N–C) groups is 1. The van der Waals surface area contributed by atoms with E-state index in [1.165, 1.54) is 9.75 Å². The molecule has 1 unspecified atom stereocenters. The predicted molar refractivity (Wildman–Crippen MR) is 120 cm³/mol. The Morgan fingerprint density at radius 2 is 1.97 bits per heavy atom. The van der Waals surface area contributed by atoms with Gasteiger partial charge in [0.1, 0.15) is 6.54 Å². The van der Waals surface area contributed by atoms with E-state index in [0.717, 1.165) is 26.3 Å². The second kappa shape index (κ2) is 11.3. The van der Waals surface area contributed by atoms with Crippen LogP contribution in [0.5, 0.6) is 0 Å². The molecule has 0 bridgehead atoms. The van der Waals surface area contributed by atoms with Crippen molar-refractivity contribution in [3.8, 4) is 0 Å². The van der Waals surface area contributed by atoms with E-state index in [-0.39, 0.29) is 18.5 Å². The minimum absolute atomic E-state index is 0.0230. The summed E-state index contributed by atoms with van der Waals surface area (Å²) < 4.78 is 5.52. The first kappa shape index (κ1) is 21.8. The van der Waals surface area contributed by atoms with Gasteiger partial charge in [-0.2, -0.15) is 0 Å². The Morgan fingerprint density at radius 3 is 2.62 bits per heavy atom. The largest absolute Gasteiger partial charge is 0.379 e. The van der Waals surface area contributed by atoms with Gasteiger partial charge in [0.2, 0.25) is 5.91 Å². The third-order valence-electron chi connectivity index (χ3n) is 4.70. The molecule has 1 atom stereocenters. The molecule has 9 heteroatoms. The highest BCUT2D eigenvalue weighted by atomic mass is 32.1. The minimum atomic E-state index is -0.0230. The molecule has 0 aromatic carbocycles.